The first kappa shape index (κ1) is 27.4. The van der Waals surface area contributed by atoms with Crippen molar-refractivity contribution in [1.82, 2.24) is 9.44 Å². The van der Waals surface area contributed by atoms with Crippen molar-refractivity contribution in [2.45, 2.75) is 16.2 Å². The standard InChI is InChI=1S/C27H24N4O6S2/c32-26(30-38(34,35)24-7-3-1-4-8-24)28-22-15-11-20(12-16-22)19-21-13-17-23(18-14-21)29-27(33)31-39(36,37)25-9-5-2-6-10-25/h1-18H,19H2,(H2,28,30,32)(H2,29,31,33). The van der Waals surface area contributed by atoms with Crippen molar-refractivity contribution in [3.8, 4) is 0 Å². The van der Waals surface area contributed by atoms with Gasteiger partial charge in [0.15, 0.2) is 0 Å². The Hall–Kier alpha value is -4.68. The van der Waals surface area contributed by atoms with Gasteiger partial charge >= 0.3 is 12.1 Å². The second kappa shape index (κ2) is 11.8. The molecule has 0 saturated heterocycles. The normalized spacial score (nSPS) is 11.3. The summed E-state index contributed by atoms with van der Waals surface area (Å²) < 4.78 is 53.0. The van der Waals surface area contributed by atoms with Crippen LogP contribution in [0.15, 0.2) is 119 Å². The molecule has 10 nitrogen and oxygen atoms in total. The zero-order valence-electron chi connectivity index (χ0n) is 20.4. The number of urea groups is 2. The fraction of sp³-hybridized carbons (Fsp3) is 0.0370. The molecule has 0 unspecified atom stereocenters. The number of hydrogen-bond acceptors (Lipinski definition) is 6. The molecule has 4 aromatic carbocycles. The number of benzene rings is 4. The summed E-state index contributed by atoms with van der Waals surface area (Å²) in [5.74, 6) is 0. The molecule has 4 rings (SSSR count). The monoisotopic (exact) mass is 564 g/mol. The summed E-state index contributed by atoms with van der Waals surface area (Å²) in [7, 11) is -7.97. The second-order valence-corrected chi connectivity index (χ2v) is 11.7. The highest BCUT2D eigenvalue weighted by atomic mass is 32.2. The van der Waals surface area contributed by atoms with Crippen molar-refractivity contribution in [2.75, 3.05) is 10.6 Å². The number of anilines is 2. The van der Waals surface area contributed by atoms with Crippen molar-refractivity contribution >= 4 is 43.5 Å². The quantitative estimate of drug-likeness (QED) is 0.251. The first-order valence-electron chi connectivity index (χ1n) is 11.6. The summed E-state index contributed by atoms with van der Waals surface area (Å²) >= 11 is 0. The summed E-state index contributed by atoms with van der Waals surface area (Å²) in [4.78, 5) is 24.3. The minimum atomic E-state index is -3.98. The van der Waals surface area contributed by atoms with E-state index in [0.717, 1.165) is 11.1 Å². The molecule has 4 amide bonds. The molecule has 0 fully saturated rings. The van der Waals surface area contributed by atoms with Gasteiger partial charge in [0.1, 0.15) is 0 Å². The lowest BCUT2D eigenvalue weighted by molar-refractivity contribution is 0.255. The van der Waals surface area contributed by atoms with Crippen LogP contribution in [0.4, 0.5) is 21.0 Å². The summed E-state index contributed by atoms with van der Waals surface area (Å²) in [5, 5.41) is 4.99. The van der Waals surface area contributed by atoms with Gasteiger partial charge in [0.25, 0.3) is 20.0 Å². The molecule has 0 radical (unpaired) electrons. The molecule has 12 heteroatoms. The highest BCUT2D eigenvalue weighted by molar-refractivity contribution is 7.90. The summed E-state index contributed by atoms with van der Waals surface area (Å²) in [6, 6.07) is 27.1. The molecule has 0 bridgehead atoms. The minimum Gasteiger partial charge on any atom is -0.307 e. The molecule has 39 heavy (non-hydrogen) atoms. The van der Waals surface area contributed by atoms with E-state index in [1.165, 1.54) is 24.3 Å². The Bertz CT molecular complexity index is 1530. The lowest BCUT2D eigenvalue weighted by atomic mass is 10.0. The van der Waals surface area contributed by atoms with E-state index < -0.39 is 32.1 Å². The highest BCUT2D eigenvalue weighted by Gasteiger charge is 2.18. The number of rotatable bonds is 8. The van der Waals surface area contributed by atoms with Crippen LogP contribution in [0.3, 0.4) is 0 Å². The van der Waals surface area contributed by atoms with Crippen LogP contribution in [0.5, 0.6) is 0 Å². The Morgan fingerprint density at radius 2 is 0.821 bits per heavy atom. The molecule has 4 aromatic rings. The van der Waals surface area contributed by atoms with Crippen molar-refractivity contribution in [3.05, 3.63) is 120 Å². The van der Waals surface area contributed by atoms with Crippen LogP contribution in [0.25, 0.3) is 0 Å². The van der Waals surface area contributed by atoms with Gasteiger partial charge in [-0.1, -0.05) is 60.7 Å². The van der Waals surface area contributed by atoms with Crippen LogP contribution >= 0.6 is 0 Å². The molecule has 0 saturated carbocycles. The molecule has 200 valence electrons. The SMILES string of the molecule is O=C(Nc1ccc(Cc2ccc(NC(=O)NS(=O)(=O)c3ccccc3)cc2)cc1)NS(=O)(=O)c1ccccc1. The molecule has 0 aliphatic carbocycles. The zero-order chi connectivity index (χ0) is 27.9. The van der Waals surface area contributed by atoms with Gasteiger partial charge in [-0.05, 0) is 66.1 Å². The molecular weight excluding hydrogens is 540 g/mol. The number of nitrogens with one attached hydrogen (secondary N) is 4. The molecule has 0 aromatic heterocycles. The van der Waals surface area contributed by atoms with E-state index in [-0.39, 0.29) is 9.79 Å². The third-order valence-electron chi connectivity index (χ3n) is 5.39. The summed E-state index contributed by atoms with van der Waals surface area (Å²) in [6.07, 6.45) is 0.545. The molecule has 4 N–H and O–H groups in total. The van der Waals surface area contributed by atoms with E-state index in [4.69, 9.17) is 0 Å². The van der Waals surface area contributed by atoms with Crippen molar-refractivity contribution in [1.29, 1.82) is 0 Å². The second-order valence-electron chi connectivity index (χ2n) is 8.32. The average molecular weight is 565 g/mol. The van der Waals surface area contributed by atoms with Crippen LogP contribution in [-0.2, 0) is 26.5 Å². The van der Waals surface area contributed by atoms with Crippen LogP contribution < -0.4 is 20.1 Å². The van der Waals surface area contributed by atoms with E-state index >= 15 is 0 Å². The highest BCUT2D eigenvalue weighted by Crippen LogP contribution is 2.17. The summed E-state index contributed by atoms with van der Waals surface area (Å²) in [6.45, 7) is 0. The third-order valence-corrected chi connectivity index (χ3v) is 8.09. The Morgan fingerprint density at radius 1 is 0.487 bits per heavy atom. The molecule has 0 atom stereocenters. The summed E-state index contributed by atoms with van der Waals surface area (Å²) in [5.41, 5.74) is 2.67. The van der Waals surface area contributed by atoms with Crippen molar-refractivity contribution < 1.29 is 26.4 Å². The Balaban J connectivity index is 1.29. The molecule has 0 heterocycles. The van der Waals surface area contributed by atoms with Gasteiger partial charge in [0.05, 0.1) is 9.79 Å². The van der Waals surface area contributed by atoms with Gasteiger partial charge in [-0.15, -0.1) is 0 Å². The van der Waals surface area contributed by atoms with Gasteiger partial charge in [0.2, 0.25) is 0 Å². The van der Waals surface area contributed by atoms with E-state index in [1.54, 1.807) is 84.9 Å². The fourth-order valence-electron chi connectivity index (χ4n) is 3.52. The van der Waals surface area contributed by atoms with E-state index in [9.17, 15) is 26.4 Å². The Labute approximate surface area is 226 Å². The number of carbonyl (C=O) groups excluding carboxylic acids is 2. The Kier molecular flexibility index (Phi) is 8.27. The maximum absolute atomic E-state index is 12.3. The lowest BCUT2D eigenvalue weighted by Crippen LogP contribution is -2.34. The Morgan fingerprint density at radius 3 is 1.15 bits per heavy atom. The number of amides is 4. The maximum Gasteiger partial charge on any atom is 0.333 e. The van der Waals surface area contributed by atoms with Gasteiger partial charge in [-0.3, -0.25) is 0 Å². The maximum atomic E-state index is 12.3. The number of carbonyl (C=O) groups is 2. The van der Waals surface area contributed by atoms with Crippen LogP contribution in [-0.4, -0.2) is 28.9 Å². The average Bonchev–Trinajstić information content (AvgIpc) is 2.91. The number of sulfonamides is 2. The predicted octanol–water partition coefficient (Wildman–Crippen LogP) is 4.30. The number of hydrogen-bond donors (Lipinski definition) is 4. The van der Waals surface area contributed by atoms with Gasteiger partial charge < -0.3 is 10.6 Å². The van der Waals surface area contributed by atoms with E-state index in [2.05, 4.69) is 10.6 Å². The van der Waals surface area contributed by atoms with E-state index in [0.29, 0.717) is 17.8 Å². The molecule has 0 aliphatic rings. The zero-order valence-corrected chi connectivity index (χ0v) is 22.0. The lowest BCUT2D eigenvalue weighted by Gasteiger charge is -2.10. The first-order chi connectivity index (χ1) is 18.6. The van der Waals surface area contributed by atoms with E-state index in [1.807, 2.05) is 9.44 Å². The minimum absolute atomic E-state index is 0.0189. The smallest absolute Gasteiger partial charge is 0.307 e. The van der Waals surface area contributed by atoms with Crippen LogP contribution in [0, 0.1) is 0 Å². The van der Waals surface area contributed by atoms with Crippen molar-refractivity contribution in [3.63, 3.8) is 0 Å². The first-order valence-corrected chi connectivity index (χ1v) is 14.5. The molecule has 0 spiro atoms. The topological polar surface area (TPSA) is 151 Å². The van der Waals surface area contributed by atoms with Gasteiger partial charge in [-0.2, -0.15) is 0 Å². The predicted molar refractivity (Wildman–Crippen MR) is 147 cm³/mol. The third kappa shape index (κ3) is 7.66. The van der Waals surface area contributed by atoms with Gasteiger partial charge in [-0.25, -0.2) is 35.9 Å². The van der Waals surface area contributed by atoms with Crippen LogP contribution in [0.1, 0.15) is 11.1 Å². The molecular formula is C27H24N4O6S2. The largest absolute Gasteiger partial charge is 0.333 e. The van der Waals surface area contributed by atoms with Crippen LogP contribution in [0.2, 0.25) is 0 Å². The molecule has 0 aliphatic heterocycles. The fourth-order valence-corrected chi connectivity index (χ4v) is 5.38. The van der Waals surface area contributed by atoms with Gasteiger partial charge in [0, 0.05) is 11.4 Å². The van der Waals surface area contributed by atoms with Crippen molar-refractivity contribution in [2.24, 2.45) is 0 Å².